The number of carbonyl (C=O) groups is 1. The average Bonchev–Trinajstić information content (AvgIpc) is 3.08. The Balaban J connectivity index is 1.45. The maximum Gasteiger partial charge on any atom is 0.282 e. The summed E-state index contributed by atoms with van der Waals surface area (Å²) in [5, 5.41) is 12.1. The van der Waals surface area contributed by atoms with Gasteiger partial charge in [0.05, 0.1) is 6.07 Å². The van der Waals surface area contributed by atoms with E-state index >= 15 is 0 Å². The summed E-state index contributed by atoms with van der Waals surface area (Å²) in [6, 6.07) is 22.0. The molecule has 0 aliphatic carbocycles. The van der Waals surface area contributed by atoms with Gasteiger partial charge in [-0.15, -0.1) is 0 Å². The van der Waals surface area contributed by atoms with Gasteiger partial charge in [0.25, 0.3) is 5.91 Å². The molecule has 2 heterocycles. The molecule has 2 aromatic carbocycles. The zero-order valence-corrected chi connectivity index (χ0v) is 15.0. The van der Waals surface area contributed by atoms with Crippen molar-refractivity contribution in [3.05, 3.63) is 66.4 Å². The number of rotatable bonds is 4. The summed E-state index contributed by atoms with van der Waals surface area (Å²) in [5.41, 5.74) is 5.63. The number of nitrogens with one attached hydrogen (secondary N) is 1. The second-order valence-corrected chi connectivity index (χ2v) is 6.58. The molecule has 0 saturated carbocycles. The molecule has 1 amide bonds. The van der Waals surface area contributed by atoms with Gasteiger partial charge in [0, 0.05) is 42.8 Å². The highest BCUT2D eigenvalue weighted by molar-refractivity contribution is 5.98. The minimum Gasteiger partial charge on any atom is -0.369 e. The zero-order chi connectivity index (χ0) is 18.6. The maximum atomic E-state index is 12.8. The lowest BCUT2D eigenvalue weighted by Crippen LogP contribution is -2.53. The normalized spacial score (nSPS) is 14.9. The fraction of sp³-hybridized carbons (Fsp3) is 0.238. The average molecular weight is 359 g/mol. The van der Waals surface area contributed by atoms with Gasteiger partial charge in [0.15, 0.2) is 0 Å². The van der Waals surface area contributed by atoms with Gasteiger partial charge in [-0.25, -0.2) is 5.01 Å². The third kappa shape index (κ3) is 3.50. The molecule has 1 N–H and O–H groups in total. The van der Waals surface area contributed by atoms with Crippen molar-refractivity contribution < 1.29 is 4.79 Å². The number of hydrogen-bond donors (Lipinski definition) is 1. The summed E-state index contributed by atoms with van der Waals surface area (Å²) < 4.78 is 1.77. The maximum absolute atomic E-state index is 12.8. The number of piperazine rings is 1. The molecule has 1 aliphatic heterocycles. The highest BCUT2D eigenvalue weighted by Gasteiger charge is 2.21. The van der Waals surface area contributed by atoms with Gasteiger partial charge in [-0.3, -0.25) is 10.2 Å². The first-order valence-electron chi connectivity index (χ1n) is 9.07. The Hall–Kier alpha value is -3.30. The summed E-state index contributed by atoms with van der Waals surface area (Å²) in [5.74, 6) is -0.172. The summed E-state index contributed by atoms with van der Waals surface area (Å²) >= 11 is 0. The predicted molar refractivity (Wildman–Crippen MR) is 105 cm³/mol. The predicted octanol–water partition coefficient (Wildman–Crippen LogP) is 2.63. The van der Waals surface area contributed by atoms with Gasteiger partial charge in [0.1, 0.15) is 12.2 Å². The number of carbonyl (C=O) groups excluding carboxylic acids is 1. The van der Waals surface area contributed by atoms with E-state index in [0.29, 0.717) is 5.69 Å². The van der Waals surface area contributed by atoms with Crippen LogP contribution in [0.25, 0.3) is 10.9 Å². The molecule has 0 unspecified atom stereocenters. The summed E-state index contributed by atoms with van der Waals surface area (Å²) in [6.45, 7) is 3.35. The number of benzene rings is 2. The summed E-state index contributed by atoms with van der Waals surface area (Å²) in [6.07, 6.45) is 0. The Morgan fingerprint density at radius 2 is 1.70 bits per heavy atom. The molecule has 0 bridgehead atoms. The molecule has 0 atom stereocenters. The van der Waals surface area contributed by atoms with Crippen LogP contribution in [0.15, 0.2) is 60.7 Å². The van der Waals surface area contributed by atoms with Crippen LogP contribution in [0.4, 0.5) is 5.69 Å². The van der Waals surface area contributed by atoms with E-state index in [4.69, 9.17) is 5.26 Å². The van der Waals surface area contributed by atoms with Crippen LogP contribution in [0.5, 0.6) is 0 Å². The van der Waals surface area contributed by atoms with Crippen LogP contribution < -0.4 is 10.3 Å². The molecule has 0 spiro atoms. The van der Waals surface area contributed by atoms with Crippen molar-refractivity contribution in [2.75, 3.05) is 31.1 Å². The second kappa shape index (κ2) is 7.52. The van der Waals surface area contributed by atoms with Crippen LogP contribution >= 0.6 is 0 Å². The van der Waals surface area contributed by atoms with E-state index in [1.54, 1.807) is 4.57 Å². The first-order valence-corrected chi connectivity index (χ1v) is 9.07. The summed E-state index contributed by atoms with van der Waals surface area (Å²) in [7, 11) is 0. The number of nitrogens with zero attached hydrogens (tertiary/aromatic N) is 4. The number of amides is 1. The third-order valence-electron chi connectivity index (χ3n) is 4.93. The molecular weight excluding hydrogens is 338 g/mol. The molecule has 1 aliphatic rings. The quantitative estimate of drug-likeness (QED) is 0.778. The number of hydrazine groups is 1. The van der Waals surface area contributed by atoms with Crippen LogP contribution in [-0.2, 0) is 6.54 Å². The number of nitriles is 1. The first-order chi connectivity index (χ1) is 13.3. The topological polar surface area (TPSA) is 64.3 Å². The Morgan fingerprint density at radius 1 is 1.00 bits per heavy atom. The van der Waals surface area contributed by atoms with Crippen LogP contribution in [-0.4, -0.2) is 41.7 Å². The molecule has 1 aromatic heterocycles. The molecule has 1 saturated heterocycles. The SMILES string of the molecule is N#CCn1c(C(=O)NN2CCN(c3ccccc3)CC2)cc2ccccc21. The molecule has 27 heavy (non-hydrogen) atoms. The van der Waals surface area contributed by atoms with Crippen molar-refractivity contribution in [1.82, 2.24) is 15.0 Å². The van der Waals surface area contributed by atoms with Crippen molar-refractivity contribution in [3.8, 4) is 6.07 Å². The summed E-state index contributed by atoms with van der Waals surface area (Å²) in [4.78, 5) is 15.1. The number of para-hydroxylation sites is 2. The Bertz CT molecular complexity index is 981. The Morgan fingerprint density at radius 3 is 2.44 bits per heavy atom. The number of fused-ring (bicyclic) bond motifs is 1. The van der Waals surface area contributed by atoms with Crippen LogP contribution in [0, 0.1) is 11.3 Å². The molecule has 6 nitrogen and oxygen atoms in total. The lowest BCUT2D eigenvalue weighted by molar-refractivity contribution is 0.0768. The van der Waals surface area contributed by atoms with E-state index in [-0.39, 0.29) is 12.5 Å². The molecule has 3 aromatic rings. The van der Waals surface area contributed by atoms with E-state index in [2.05, 4.69) is 28.5 Å². The monoisotopic (exact) mass is 359 g/mol. The Kier molecular flexibility index (Phi) is 4.77. The van der Waals surface area contributed by atoms with Gasteiger partial charge in [0.2, 0.25) is 0 Å². The molecule has 0 radical (unpaired) electrons. The minimum absolute atomic E-state index is 0.151. The second-order valence-electron chi connectivity index (χ2n) is 6.58. The smallest absolute Gasteiger partial charge is 0.282 e. The van der Waals surface area contributed by atoms with Crippen molar-refractivity contribution in [2.45, 2.75) is 6.54 Å². The van der Waals surface area contributed by atoms with Crippen LogP contribution in [0.2, 0.25) is 0 Å². The Labute approximate surface area is 158 Å². The highest BCUT2D eigenvalue weighted by atomic mass is 16.2. The molecular formula is C21H21N5O. The van der Waals surface area contributed by atoms with Crippen LogP contribution in [0.3, 0.4) is 0 Å². The van der Waals surface area contributed by atoms with Gasteiger partial charge in [-0.05, 0) is 24.3 Å². The number of hydrogen-bond acceptors (Lipinski definition) is 4. The van der Waals surface area contributed by atoms with Gasteiger partial charge in [-0.1, -0.05) is 36.4 Å². The zero-order valence-electron chi connectivity index (χ0n) is 15.0. The van der Waals surface area contributed by atoms with Gasteiger partial charge >= 0.3 is 0 Å². The molecule has 136 valence electrons. The molecule has 1 fully saturated rings. The van der Waals surface area contributed by atoms with E-state index in [9.17, 15) is 4.79 Å². The molecule has 4 rings (SSSR count). The third-order valence-corrected chi connectivity index (χ3v) is 4.93. The van der Waals surface area contributed by atoms with Crippen molar-refractivity contribution in [1.29, 1.82) is 5.26 Å². The van der Waals surface area contributed by atoms with E-state index < -0.39 is 0 Å². The van der Waals surface area contributed by atoms with Gasteiger partial charge in [-0.2, -0.15) is 5.26 Å². The van der Waals surface area contributed by atoms with Crippen molar-refractivity contribution in [2.24, 2.45) is 0 Å². The largest absolute Gasteiger partial charge is 0.369 e. The highest BCUT2D eigenvalue weighted by Crippen LogP contribution is 2.20. The lowest BCUT2D eigenvalue weighted by atomic mass is 10.2. The van der Waals surface area contributed by atoms with Gasteiger partial charge < -0.3 is 9.47 Å². The lowest BCUT2D eigenvalue weighted by Gasteiger charge is -2.36. The fourth-order valence-electron chi connectivity index (χ4n) is 3.56. The van der Waals surface area contributed by atoms with Crippen molar-refractivity contribution in [3.63, 3.8) is 0 Å². The number of aromatic nitrogens is 1. The van der Waals surface area contributed by atoms with E-state index in [1.807, 2.05) is 53.5 Å². The standard InChI is InChI=1S/C21H21N5O/c22-10-11-26-19-9-5-4-6-17(19)16-20(26)21(27)23-25-14-12-24(13-15-25)18-7-2-1-3-8-18/h1-9,16H,11-15H2,(H,23,27). The first kappa shape index (κ1) is 17.1. The van der Waals surface area contributed by atoms with E-state index in [1.165, 1.54) is 5.69 Å². The van der Waals surface area contributed by atoms with Crippen LogP contribution in [0.1, 0.15) is 10.5 Å². The number of anilines is 1. The molecule has 6 heteroatoms. The minimum atomic E-state index is -0.172. The van der Waals surface area contributed by atoms with Crippen molar-refractivity contribution >= 4 is 22.5 Å². The fourth-order valence-corrected chi connectivity index (χ4v) is 3.56. The van der Waals surface area contributed by atoms with E-state index in [0.717, 1.165) is 37.1 Å².